The molecule has 194 valence electrons. The number of rotatable bonds is 10. The highest BCUT2D eigenvalue weighted by Crippen LogP contribution is 2.32. The zero-order chi connectivity index (χ0) is 26.0. The van der Waals surface area contributed by atoms with E-state index in [9.17, 15) is 9.90 Å². The maximum Gasteiger partial charge on any atom is 0.303 e. The summed E-state index contributed by atoms with van der Waals surface area (Å²) in [5, 5.41) is 10.5. The van der Waals surface area contributed by atoms with E-state index in [4.69, 9.17) is 9.47 Å². The second kappa shape index (κ2) is 13.1. The molecule has 0 saturated carbocycles. The Labute approximate surface area is 219 Å². The van der Waals surface area contributed by atoms with Gasteiger partial charge in [0.05, 0.1) is 31.8 Å². The van der Waals surface area contributed by atoms with Crippen LogP contribution in [0.3, 0.4) is 0 Å². The summed E-state index contributed by atoms with van der Waals surface area (Å²) in [5.41, 5.74) is 3.17. The van der Waals surface area contributed by atoms with Crippen LogP contribution in [0, 0.1) is 23.7 Å². The van der Waals surface area contributed by atoms with Gasteiger partial charge in [0.1, 0.15) is 11.5 Å². The Morgan fingerprint density at radius 3 is 2.78 bits per heavy atom. The van der Waals surface area contributed by atoms with Crippen molar-refractivity contribution in [1.29, 1.82) is 0 Å². The summed E-state index contributed by atoms with van der Waals surface area (Å²) < 4.78 is 10.8. The summed E-state index contributed by atoms with van der Waals surface area (Å²) in [5.74, 6) is 8.35. The molecule has 1 saturated heterocycles. The van der Waals surface area contributed by atoms with Crippen LogP contribution in [0.5, 0.6) is 11.5 Å². The van der Waals surface area contributed by atoms with E-state index in [1.165, 1.54) is 5.56 Å². The topological polar surface area (TPSA) is 71.9 Å². The van der Waals surface area contributed by atoms with Crippen LogP contribution < -0.4 is 9.47 Å². The molecule has 0 spiro atoms. The van der Waals surface area contributed by atoms with E-state index in [2.05, 4.69) is 33.9 Å². The molecule has 0 radical (unpaired) electrons. The van der Waals surface area contributed by atoms with Crippen LogP contribution in [0.25, 0.3) is 10.9 Å². The number of likely N-dealkylation sites (tertiary alicyclic amines) is 1. The van der Waals surface area contributed by atoms with Crippen molar-refractivity contribution < 1.29 is 19.4 Å². The number of nitrogens with zero attached hydrogens (tertiary/aromatic N) is 2. The lowest BCUT2D eigenvalue weighted by Gasteiger charge is -2.38. The standard InChI is InChI=1S/C31H36N2O4/c1-36-27-13-14-29-28(21-27)24(16-18-32-29)9-5-8-23-17-20-33(22-26(23)12-15-31(34)35)19-6-10-25-7-3-4-11-30(25)37-2/h3-4,7,11,13-14,16,18,21,23,26H,5,8-9,12,15,17,19-20,22H2,1-2H3,(H,34,35)/t23-,26+/m1/s1. The first kappa shape index (κ1) is 26.5. The molecule has 0 unspecified atom stereocenters. The second-order valence-corrected chi connectivity index (χ2v) is 9.72. The molecular weight excluding hydrogens is 464 g/mol. The van der Waals surface area contributed by atoms with Crippen LogP contribution in [0.2, 0.25) is 0 Å². The highest BCUT2D eigenvalue weighted by molar-refractivity contribution is 5.83. The lowest BCUT2D eigenvalue weighted by Crippen LogP contribution is -2.41. The minimum Gasteiger partial charge on any atom is -0.497 e. The Morgan fingerprint density at radius 2 is 1.97 bits per heavy atom. The molecule has 37 heavy (non-hydrogen) atoms. The SMILES string of the molecule is COc1ccc2nccc(CCC[C@@H]3CCN(CC#Cc4ccccc4OC)C[C@@H]3CCC(=O)O)c2c1. The Balaban J connectivity index is 1.36. The van der Waals surface area contributed by atoms with Gasteiger partial charge in [-0.15, -0.1) is 0 Å². The smallest absolute Gasteiger partial charge is 0.303 e. The number of aliphatic carboxylic acids is 1. The van der Waals surface area contributed by atoms with Gasteiger partial charge in [-0.1, -0.05) is 24.0 Å². The van der Waals surface area contributed by atoms with Crippen molar-refractivity contribution in [3.63, 3.8) is 0 Å². The molecule has 1 fully saturated rings. The van der Waals surface area contributed by atoms with Crippen molar-refractivity contribution in [3.8, 4) is 23.3 Å². The van der Waals surface area contributed by atoms with Crippen LogP contribution in [0.4, 0.5) is 0 Å². The number of carboxylic acids is 1. The number of hydrogen-bond acceptors (Lipinski definition) is 5. The average molecular weight is 501 g/mol. The third kappa shape index (κ3) is 7.24. The normalized spacial score (nSPS) is 17.7. The molecule has 1 N–H and O–H groups in total. The van der Waals surface area contributed by atoms with Gasteiger partial charge in [-0.05, 0) is 92.4 Å². The van der Waals surface area contributed by atoms with E-state index in [-0.39, 0.29) is 6.42 Å². The predicted octanol–water partition coefficient (Wildman–Crippen LogP) is 5.43. The molecule has 1 aromatic heterocycles. The third-order valence-electron chi connectivity index (χ3n) is 7.40. The number of aromatic nitrogens is 1. The van der Waals surface area contributed by atoms with Crippen LogP contribution in [-0.4, -0.2) is 54.8 Å². The number of carbonyl (C=O) groups is 1. The number of para-hydroxylation sites is 1. The van der Waals surface area contributed by atoms with Gasteiger partial charge in [-0.25, -0.2) is 0 Å². The van der Waals surface area contributed by atoms with Crippen LogP contribution in [0.1, 0.15) is 43.2 Å². The molecule has 0 bridgehead atoms. The molecule has 4 rings (SSSR count). The molecule has 1 aliphatic rings. The van der Waals surface area contributed by atoms with E-state index in [0.29, 0.717) is 24.8 Å². The van der Waals surface area contributed by atoms with Gasteiger partial charge >= 0.3 is 5.97 Å². The van der Waals surface area contributed by atoms with Crippen molar-refractivity contribution >= 4 is 16.9 Å². The summed E-state index contributed by atoms with van der Waals surface area (Å²) in [7, 11) is 3.34. The number of carboxylic acid groups (broad SMARTS) is 1. The number of fused-ring (bicyclic) bond motifs is 1. The number of pyridine rings is 1. The molecule has 0 aliphatic carbocycles. The molecular formula is C31H36N2O4. The minimum absolute atomic E-state index is 0.219. The number of piperidine rings is 1. The van der Waals surface area contributed by atoms with Gasteiger partial charge in [0.15, 0.2) is 0 Å². The predicted molar refractivity (Wildman–Crippen MR) is 146 cm³/mol. The molecule has 2 heterocycles. The number of methoxy groups -OCH3 is 2. The number of ether oxygens (including phenoxy) is 2. The lowest BCUT2D eigenvalue weighted by atomic mass is 9.79. The summed E-state index contributed by atoms with van der Waals surface area (Å²) in [6.07, 6.45) is 7.03. The number of hydrogen-bond donors (Lipinski definition) is 1. The summed E-state index contributed by atoms with van der Waals surface area (Å²) in [6.45, 7) is 2.57. The first-order chi connectivity index (χ1) is 18.1. The fourth-order valence-corrected chi connectivity index (χ4v) is 5.39. The van der Waals surface area contributed by atoms with E-state index >= 15 is 0 Å². The van der Waals surface area contributed by atoms with Gasteiger partial charge in [0.25, 0.3) is 0 Å². The van der Waals surface area contributed by atoms with E-state index < -0.39 is 5.97 Å². The van der Waals surface area contributed by atoms with E-state index in [1.54, 1.807) is 14.2 Å². The summed E-state index contributed by atoms with van der Waals surface area (Å²) in [4.78, 5) is 18.2. The molecule has 3 aromatic rings. The molecule has 6 heteroatoms. The van der Waals surface area contributed by atoms with Crippen molar-refractivity contribution in [2.45, 2.75) is 38.5 Å². The molecule has 0 amide bonds. The Morgan fingerprint density at radius 1 is 1.11 bits per heavy atom. The average Bonchev–Trinajstić information content (AvgIpc) is 2.92. The Kier molecular flexibility index (Phi) is 9.40. The van der Waals surface area contributed by atoms with Crippen molar-refractivity contribution in [2.75, 3.05) is 33.9 Å². The molecule has 6 nitrogen and oxygen atoms in total. The highest BCUT2D eigenvalue weighted by atomic mass is 16.5. The summed E-state index contributed by atoms with van der Waals surface area (Å²) >= 11 is 0. The summed E-state index contributed by atoms with van der Waals surface area (Å²) in [6, 6.07) is 15.9. The first-order valence-corrected chi connectivity index (χ1v) is 13.0. The Bertz CT molecular complexity index is 1260. The maximum atomic E-state index is 11.3. The van der Waals surface area contributed by atoms with Gasteiger partial charge in [0, 0.05) is 24.5 Å². The second-order valence-electron chi connectivity index (χ2n) is 9.72. The van der Waals surface area contributed by atoms with Gasteiger partial charge in [0.2, 0.25) is 0 Å². The molecule has 1 aliphatic heterocycles. The fourth-order valence-electron chi connectivity index (χ4n) is 5.39. The Hall–Kier alpha value is -3.56. The first-order valence-electron chi connectivity index (χ1n) is 13.0. The van der Waals surface area contributed by atoms with Gasteiger partial charge < -0.3 is 14.6 Å². The number of aryl methyl sites for hydroxylation is 1. The van der Waals surface area contributed by atoms with Crippen molar-refractivity contribution in [3.05, 3.63) is 65.9 Å². The highest BCUT2D eigenvalue weighted by Gasteiger charge is 2.29. The van der Waals surface area contributed by atoms with E-state index in [1.807, 2.05) is 42.6 Å². The fraction of sp³-hybridized carbons (Fsp3) is 0.419. The van der Waals surface area contributed by atoms with Crippen LogP contribution >= 0.6 is 0 Å². The quantitative estimate of drug-likeness (QED) is 0.374. The van der Waals surface area contributed by atoms with Gasteiger partial charge in [-0.3, -0.25) is 14.7 Å². The van der Waals surface area contributed by atoms with Crippen LogP contribution in [0.15, 0.2) is 54.7 Å². The van der Waals surface area contributed by atoms with Crippen LogP contribution in [-0.2, 0) is 11.2 Å². The zero-order valence-electron chi connectivity index (χ0n) is 21.8. The van der Waals surface area contributed by atoms with E-state index in [0.717, 1.165) is 66.7 Å². The molecule has 2 aromatic carbocycles. The largest absolute Gasteiger partial charge is 0.497 e. The minimum atomic E-state index is -0.718. The number of benzene rings is 2. The maximum absolute atomic E-state index is 11.3. The molecule has 2 atom stereocenters. The zero-order valence-corrected chi connectivity index (χ0v) is 21.8. The van der Waals surface area contributed by atoms with Gasteiger partial charge in [-0.2, -0.15) is 0 Å². The lowest BCUT2D eigenvalue weighted by molar-refractivity contribution is -0.137. The van der Waals surface area contributed by atoms with Crippen molar-refractivity contribution in [2.24, 2.45) is 11.8 Å². The van der Waals surface area contributed by atoms with Crippen molar-refractivity contribution in [1.82, 2.24) is 9.88 Å². The third-order valence-corrected chi connectivity index (χ3v) is 7.40. The monoisotopic (exact) mass is 500 g/mol.